The van der Waals surface area contributed by atoms with E-state index in [4.69, 9.17) is 4.74 Å². The van der Waals surface area contributed by atoms with Crippen LogP contribution in [0.3, 0.4) is 0 Å². The number of fused-ring (bicyclic) bond motifs is 1. The van der Waals surface area contributed by atoms with Gasteiger partial charge < -0.3 is 25.1 Å². The van der Waals surface area contributed by atoms with Crippen molar-refractivity contribution in [2.24, 2.45) is 0 Å². The van der Waals surface area contributed by atoms with Gasteiger partial charge in [0.15, 0.2) is 11.4 Å². The Morgan fingerprint density at radius 3 is 2.76 bits per heavy atom. The molecule has 0 spiro atoms. The molecule has 0 aromatic carbocycles. The third-order valence-corrected chi connectivity index (χ3v) is 3.22. The van der Waals surface area contributed by atoms with Crippen molar-refractivity contribution in [1.29, 1.82) is 0 Å². The van der Waals surface area contributed by atoms with Gasteiger partial charge in [0, 0.05) is 26.3 Å². The smallest absolute Gasteiger partial charge is 0.277 e. The fourth-order valence-corrected chi connectivity index (χ4v) is 2.23. The number of nitrogens with zero attached hydrogens (tertiary/aromatic N) is 3. The first-order chi connectivity index (χ1) is 9.95. The summed E-state index contributed by atoms with van der Waals surface area (Å²) in [5.41, 5.74) is 3.08. The lowest BCUT2D eigenvalue weighted by Crippen LogP contribution is -2.48. The van der Waals surface area contributed by atoms with Crippen molar-refractivity contribution in [1.82, 2.24) is 14.5 Å². The summed E-state index contributed by atoms with van der Waals surface area (Å²) < 4.78 is 6.44. The number of hydrogen-bond donors (Lipinski definition) is 2. The van der Waals surface area contributed by atoms with Crippen LogP contribution in [0.1, 0.15) is 16.2 Å². The molecule has 1 amide bonds. The first-order valence-electron chi connectivity index (χ1n) is 6.60. The summed E-state index contributed by atoms with van der Waals surface area (Å²) in [6.07, 6.45) is 0. The van der Waals surface area contributed by atoms with Crippen LogP contribution in [0.4, 0.5) is 0 Å². The van der Waals surface area contributed by atoms with Gasteiger partial charge in [-0.2, -0.15) is 0 Å². The summed E-state index contributed by atoms with van der Waals surface area (Å²) in [6, 6.07) is 1.34. The van der Waals surface area contributed by atoms with E-state index in [9.17, 15) is 14.7 Å². The van der Waals surface area contributed by atoms with E-state index in [0.29, 0.717) is 25.4 Å². The van der Waals surface area contributed by atoms with E-state index in [2.05, 4.69) is 5.43 Å². The number of methoxy groups -OCH3 is 1. The van der Waals surface area contributed by atoms with Gasteiger partial charge in [-0.15, -0.1) is 0 Å². The van der Waals surface area contributed by atoms with Crippen LogP contribution >= 0.6 is 0 Å². The SMILES string of the molecule is COCCN1CNn2c(CN(C)C)cc(=O)c(O)c2C1=O. The maximum Gasteiger partial charge on any atom is 0.277 e. The zero-order valence-corrected chi connectivity index (χ0v) is 12.4. The zero-order valence-electron chi connectivity index (χ0n) is 12.4. The highest BCUT2D eigenvalue weighted by Crippen LogP contribution is 2.19. The average molecular weight is 296 g/mol. The summed E-state index contributed by atoms with van der Waals surface area (Å²) in [4.78, 5) is 27.6. The van der Waals surface area contributed by atoms with Crippen molar-refractivity contribution in [3.63, 3.8) is 0 Å². The van der Waals surface area contributed by atoms with Crippen molar-refractivity contribution >= 4 is 5.91 Å². The van der Waals surface area contributed by atoms with Crippen LogP contribution in [0.15, 0.2) is 10.9 Å². The predicted octanol–water partition coefficient (Wildman–Crippen LogP) is -0.781. The molecular formula is C13H20N4O4. The number of nitrogens with one attached hydrogen (secondary N) is 1. The van der Waals surface area contributed by atoms with E-state index in [-0.39, 0.29) is 18.3 Å². The largest absolute Gasteiger partial charge is 0.502 e. The number of pyridine rings is 1. The van der Waals surface area contributed by atoms with E-state index >= 15 is 0 Å². The fraction of sp³-hybridized carbons (Fsp3) is 0.538. The highest BCUT2D eigenvalue weighted by atomic mass is 16.5. The first kappa shape index (κ1) is 15.3. The van der Waals surface area contributed by atoms with Gasteiger partial charge >= 0.3 is 0 Å². The topological polar surface area (TPSA) is 87.0 Å². The Morgan fingerprint density at radius 1 is 1.43 bits per heavy atom. The molecule has 0 bridgehead atoms. The molecule has 8 nitrogen and oxygen atoms in total. The Labute approximate surface area is 122 Å². The van der Waals surface area contributed by atoms with Crippen molar-refractivity contribution < 1.29 is 14.6 Å². The Bertz CT molecular complexity index is 597. The minimum absolute atomic E-state index is 0.0262. The third-order valence-electron chi connectivity index (χ3n) is 3.22. The molecule has 0 saturated carbocycles. The number of amides is 1. The van der Waals surface area contributed by atoms with Crippen molar-refractivity contribution in [3.05, 3.63) is 27.7 Å². The molecule has 116 valence electrons. The molecule has 0 atom stereocenters. The molecule has 0 radical (unpaired) electrons. The molecule has 2 rings (SSSR count). The Balaban J connectivity index is 2.44. The van der Waals surface area contributed by atoms with Gasteiger partial charge in [0.25, 0.3) is 5.91 Å². The van der Waals surface area contributed by atoms with E-state index in [0.717, 1.165) is 0 Å². The average Bonchev–Trinajstić information content (AvgIpc) is 2.42. The molecule has 0 unspecified atom stereocenters. The zero-order chi connectivity index (χ0) is 15.6. The highest BCUT2D eigenvalue weighted by Gasteiger charge is 2.29. The van der Waals surface area contributed by atoms with Crippen LogP contribution in [0.25, 0.3) is 0 Å². The number of hydrogen-bond acceptors (Lipinski definition) is 6. The van der Waals surface area contributed by atoms with Gasteiger partial charge in [0.2, 0.25) is 5.43 Å². The second-order valence-corrected chi connectivity index (χ2v) is 5.15. The Hall–Kier alpha value is -2.06. The maximum atomic E-state index is 12.4. The molecular weight excluding hydrogens is 276 g/mol. The summed E-state index contributed by atoms with van der Waals surface area (Å²) in [7, 11) is 5.27. The maximum absolute atomic E-state index is 12.4. The molecule has 1 aliphatic heterocycles. The van der Waals surface area contributed by atoms with Gasteiger partial charge in [-0.05, 0) is 14.1 Å². The van der Waals surface area contributed by atoms with Crippen molar-refractivity contribution in [2.75, 3.05) is 46.5 Å². The first-order valence-corrected chi connectivity index (χ1v) is 6.60. The Morgan fingerprint density at radius 2 is 2.14 bits per heavy atom. The Kier molecular flexibility index (Phi) is 4.49. The molecule has 0 fully saturated rings. The van der Waals surface area contributed by atoms with Crippen LogP contribution in [-0.2, 0) is 11.3 Å². The molecule has 8 heteroatoms. The van der Waals surface area contributed by atoms with E-state index < -0.39 is 11.2 Å². The van der Waals surface area contributed by atoms with Crippen LogP contribution in [-0.4, -0.2) is 66.5 Å². The summed E-state index contributed by atoms with van der Waals surface area (Å²) in [5, 5.41) is 9.95. The molecule has 0 aliphatic carbocycles. The molecule has 21 heavy (non-hydrogen) atoms. The third kappa shape index (κ3) is 3.01. The number of carbonyl (C=O) groups is 1. The van der Waals surface area contributed by atoms with Crippen LogP contribution in [0.2, 0.25) is 0 Å². The molecule has 0 saturated heterocycles. The number of rotatable bonds is 5. The standard InChI is InChI=1S/C13H20N4O4/c1-15(2)7-9-6-10(18)12(19)11-13(20)16(4-5-21-3)8-14-17(9)11/h6,14,19H,4-5,7-8H2,1-3H3. The molecule has 2 heterocycles. The molecule has 1 aromatic heterocycles. The fourth-order valence-electron chi connectivity index (χ4n) is 2.23. The monoisotopic (exact) mass is 296 g/mol. The highest BCUT2D eigenvalue weighted by molar-refractivity contribution is 5.96. The minimum Gasteiger partial charge on any atom is -0.502 e. The summed E-state index contributed by atoms with van der Waals surface area (Å²) >= 11 is 0. The summed E-state index contributed by atoms with van der Waals surface area (Å²) in [5.74, 6) is -0.918. The number of ether oxygens (including phenoxy) is 1. The van der Waals surface area contributed by atoms with Gasteiger partial charge in [0.1, 0.15) is 6.67 Å². The van der Waals surface area contributed by atoms with Crippen LogP contribution in [0.5, 0.6) is 5.75 Å². The normalized spacial score (nSPS) is 14.3. The minimum atomic E-state index is -0.554. The number of aromatic nitrogens is 1. The van der Waals surface area contributed by atoms with Crippen molar-refractivity contribution in [3.8, 4) is 5.75 Å². The predicted molar refractivity (Wildman–Crippen MR) is 76.9 cm³/mol. The van der Waals surface area contributed by atoms with Crippen molar-refractivity contribution in [2.45, 2.75) is 6.54 Å². The lowest BCUT2D eigenvalue weighted by atomic mass is 10.2. The van der Waals surface area contributed by atoms with Gasteiger partial charge in [-0.25, -0.2) is 0 Å². The number of aromatic hydroxyl groups is 1. The molecule has 2 N–H and O–H groups in total. The second-order valence-electron chi connectivity index (χ2n) is 5.15. The van der Waals surface area contributed by atoms with Crippen LogP contribution < -0.4 is 10.9 Å². The molecule has 1 aromatic rings. The van der Waals surface area contributed by atoms with Crippen LogP contribution in [0, 0.1) is 0 Å². The quantitative estimate of drug-likeness (QED) is 0.741. The van der Waals surface area contributed by atoms with E-state index in [1.165, 1.54) is 15.6 Å². The van der Waals surface area contributed by atoms with E-state index in [1.807, 2.05) is 19.0 Å². The number of carbonyl (C=O) groups excluding carboxylic acids is 1. The van der Waals surface area contributed by atoms with Gasteiger partial charge in [-0.1, -0.05) is 0 Å². The van der Waals surface area contributed by atoms with Gasteiger partial charge in [0.05, 0.1) is 12.3 Å². The lowest BCUT2D eigenvalue weighted by Gasteiger charge is -2.33. The molecule has 1 aliphatic rings. The summed E-state index contributed by atoms with van der Waals surface area (Å²) in [6.45, 7) is 1.53. The lowest BCUT2D eigenvalue weighted by molar-refractivity contribution is 0.0660. The van der Waals surface area contributed by atoms with Gasteiger partial charge in [-0.3, -0.25) is 14.3 Å². The van der Waals surface area contributed by atoms with E-state index in [1.54, 1.807) is 7.11 Å². The second kappa shape index (κ2) is 6.15.